The molecule has 1 aliphatic carbocycles. The molecule has 0 aliphatic heterocycles. The number of ketones is 1. The molecule has 3 rings (SSSR count). The molecule has 1 fully saturated rings. The lowest BCUT2D eigenvalue weighted by atomic mass is 9.96. The molecule has 0 amide bonds. The van der Waals surface area contributed by atoms with Gasteiger partial charge in [0.2, 0.25) is 11.7 Å². The highest BCUT2D eigenvalue weighted by Crippen LogP contribution is 2.44. The first-order valence-electron chi connectivity index (χ1n) is 9.42. The summed E-state index contributed by atoms with van der Waals surface area (Å²) in [5.74, 6) is -0.338. The summed E-state index contributed by atoms with van der Waals surface area (Å²) < 4.78 is 31.1. The fraction of sp³-hybridized carbons (Fsp3) is 0.500. The number of carbonyl (C=O) groups excluding carboxylic acids is 1. The summed E-state index contributed by atoms with van der Waals surface area (Å²) in [6.45, 7) is 2.60. The molecule has 1 saturated carbocycles. The Balaban J connectivity index is 2.15. The minimum Gasteiger partial charge on any atom is -0.493 e. The van der Waals surface area contributed by atoms with E-state index in [-0.39, 0.29) is 28.0 Å². The first-order chi connectivity index (χ1) is 13.6. The van der Waals surface area contributed by atoms with Crippen LogP contribution in [0.3, 0.4) is 0 Å². The van der Waals surface area contributed by atoms with Crippen molar-refractivity contribution in [1.82, 2.24) is 9.78 Å². The van der Waals surface area contributed by atoms with Crippen molar-refractivity contribution < 1.29 is 23.1 Å². The van der Waals surface area contributed by atoms with E-state index in [0.29, 0.717) is 35.7 Å². The van der Waals surface area contributed by atoms with Crippen LogP contribution < -0.4 is 4.90 Å². The SMILES string of the molecule is COCCN(C)c1c(S(C)(=O)=O)ccc(C(=O)c2c(C3CC3)nn(C)c2O)c1C. The third kappa shape index (κ3) is 4.02. The van der Waals surface area contributed by atoms with Crippen molar-refractivity contribution in [3.63, 3.8) is 0 Å². The normalized spacial score (nSPS) is 14.2. The van der Waals surface area contributed by atoms with E-state index in [1.165, 1.54) is 16.8 Å². The van der Waals surface area contributed by atoms with Crippen molar-refractivity contribution in [3.8, 4) is 5.88 Å². The van der Waals surface area contributed by atoms with Crippen LogP contribution >= 0.6 is 0 Å². The van der Waals surface area contributed by atoms with Gasteiger partial charge in [-0.15, -0.1) is 0 Å². The summed E-state index contributed by atoms with van der Waals surface area (Å²) >= 11 is 0. The summed E-state index contributed by atoms with van der Waals surface area (Å²) in [6, 6.07) is 2.98. The maximum absolute atomic E-state index is 13.4. The van der Waals surface area contributed by atoms with Crippen molar-refractivity contribution in [2.75, 3.05) is 38.5 Å². The predicted octanol–water partition coefficient (Wildman–Crippen LogP) is 2.03. The fourth-order valence-electron chi connectivity index (χ4n) is 3.57. The number of aromatic nitrogens is 2. The van der Waals surface area contributed by atoms with Crippen LogP contribution in [0.15, 0.2) is 17.0 Å². The monoisotopic (exact) mass is 421 g/mol. The number of hydrogen-bond donors (Lipinski definition) is 1. The van der Waals surface area contributed by atoms with E-state index >= 15 is 0 Å². The second-order valence-corrected chi connectivity index (χ2v) is 9.57. The Kier molecular flexibility index (Phi) is 5.73. The first kappa shape index (κ1) is 21.3. The van der Waals surface area contributed by atoms with Crippen LogP contribution in [0.4, 0.5) is 5.69 Å². The van der Waals surface area contributed by atoms with Crippen LogP contribution in [-0.2, 0) is 21.6 Å². The van der Waals surface area contributed by atoms with E-state index in [1.807, 2.05) is 0 Å². The highest BCUT2D eigenvalue weighted by Gasteiger charge is 2.35. The molecule has 1 aromatic heterocycles. The van der Waals surface area contributed by atoms with Crippen LogP contribution in [0.5, 0.6) is 5.88 Å². The molecule has 1 heterocycles. The van der Waals surface area contributed by atoms with Crippen LogP contribution in [0.2, 0.25) is 0 Å². The fourth-order valence-corrected chi connectivity index (χ4v) is 4.54. The number of aromatic hydroxyl groups is 1. The molecule has 8 nitrogen and oxygen atoms in total. The zero-order chi connectivity index (χ0) is 21.5. The Bertz CT molecular complexity index is 1050. The quantitative estimate of drug-likeness (QED) is 0.651. The molecule has 1 aliphatic rings. The zero-order valence-electron chi connectivity index (χ0n) is 17.4. The average Bonchev–Trinajstić information content (AvgIpc) is 3.44. The van der Waals surface area contributed by atoms with Crippen molar-refractivity contribution in [2.24, 2.45) is 7.05 Å². The minimum absolute atomic E-state index is 0.156. The number of likely N-dealkylation sites (N-methyl/N-ethyl adjacent to an activating group) is 1. The third-order valence-corrected chi connectivity index (χ3v) is 6.41. The number of benzene rings is 1. The molecule has 1 N–H and O–H groups in total. The van der Waals surface area contributed by atoms with Crippen molar-refractivity contribution in [2.45, 2.75) is 30.6 Å². The van der Waals surface area contributed by atoms with E-state index in [0.717, 1.165) is 19.1 Å². The molecule has 2 aromatic rings. The summed E-state index contributed by atoms with van der Waals surface area (Å²) in [7, 11) is 1.43. The number of aryl methyl sites for hydroxylation is 1. The predicted molar refractivity (Wildman–Crippen MR) is 110 cm³/mol. The standard InChI is InChI=1S/C20H27N3O5S/c1-12-14(19(24)16-17(13-6-7-13)21-23(3)20(16)25)8-9-15(29(5,26)27)18(12)22(2)10-11-28-4/h8-9,13,25H,6-7,10-11H2,1-5H3. The molecule has 29 heavy (non-hydrogen) atoms. The van der Waals surface area contributed by atoms with Gasteiger partial charge in [-0.2, -0.15) is 5.10 Å². The van der Waals surface area contributed by atoms with E-state index < -0.39 is 9.84 Å². The van der Waals surface area contributed by atoms with Gasteiger partial charge in [-0.05, 0) is 37.5 Å². The maximum Gasteiger partial charge on any atom is 0.220 e. The van der Waals surface area contributed by atoms with Crippen LogP contribution in [-0.4, -0.2) is 62.7 Å². The van der Waals surface area contributed by atoms with Gasteiger partial charge in [-0.3, -0.25) is 4.79 Å². The second kappa shape index (κ2) is 7.79. The molecule has 1 aromatic carbocycles. The van der Waals surface area contributed by atoms with E-state index in [4.69, 9.17) is 4.74 Å². The number of nitrogens with zero attached hydrogens (tertiary/aromatic N) is 3. The van der Waals surface area contributed by atoms with Gasteiger partial charge in [0.05, 0.1) is 22.9 Å². The molecule has 0 saturated heterocycles. The summed E-state index contributed by atoms with van der Waals surface area (Å²) in [5, 5.41) is 14.8. The van der Waals surface area contributed by atoms with Gasteiger partial charge in [0.15, 0.2) is 9.84 Å². The van der Waals surface area contributed by atoms with Crippen LogP contribution in [0.25, 0.3) is 0 Å². The highest BCUT2D eigenvalue weighted by atomic mass is 32.2. The summed E-state index contributed by atoms with van der Waals surface area (Å²) in [4.78, 5) is 15.3. The smallest absolute Gasteiger partial charge is 0.220 e. The Morgan fingerprint density at radius 3 is 2.59 bits per heavy atom. The van der Waals surface area contributed by atoms with Gasteiger partial charge in [-0.25, -0.2) is 13.1 Å². The molecule has 0 radical (unpaired) electrons. The topological polar surface area (TPSA) is 102 Å². The van der Waals surface area contributed by atoms with E-state index in [1.54, 1.807) is 33.0 Å². The third-order valence-electron chi connectivity index (χ3n) is 5.29. The maximum atomic E-state index is 13.4. The van der Waals surface area contributed by atoms with Gasteiger partial charge in [0, 0.05) is 45.5 Å². The number of hydrogen-bond acceptors (Lipinski definition) is 7. The van der Waals surface area contributed by atoms with Gasteiger partial charge in [0.1, 0.15) is 5.56 Å². The molecular weight excluding hydrogens is 394 g/mol. The molecule has 9 heteroatoms. The lowest BCUT2D eigenvalue weighted by Gasteiger charge is -2.25. The second-order valence-electron chi connectivity index (χ2n) is 7.58. The van der Waals surface area contributed by atoms with Gasteiger partial charge < -0.3 is 14.7 Å². The Labute approximate surface area is 171 Å². The average molecular weight is 422 g/mol. The zero-order valence-corrected chi connectivity index (χ0v) is 18.2. The van der Waals surface area contributed by atoms with Gasteiger partial charge >= 0.3 is 0 Å². The van der Waals surface area contributed by atoms with Crippen molar-refractivity contribution >= 4 is 21.3 Å². The number of rotatable bonds is 8. The lowest BCUT2D eigenvalue weighted by Crippen LogP contribution is -2.25. The van der Waals surface area contributed by atoms with Gasteiger partial charge in [0.25, 0.3) is 0 Å². The Morgan fingerprint density at radius 2 is 2.03 bits per heavy atom. The molecule has 0 unspecified atom stereocenters. The number of methoxy groups -OCH3 is 1. The van der Waals surface area contributed by atoms with Crippen molar-refractivity contribution in [3.05, 3.63) is 34.5 Å². The van der Waals surface area contributed by atoms with Crippen LogP contribution in [0, 0.1) is 6.92 Å². The molecule has 0 atom stereocenters. The summed E-state index contributed by atoms with van der Waals surface area (Å²) in [6.07, 6.45) is 3.02. The molecule has 0 spiro atoms. The number of carbonyl (C=O) groups is 1. The first-order valence-corrected chi connectivity index (χ1v) is 11.3. The van der Waals surface area contributed by atoms with E-state index in [2.05, 4.69) is 5.10 Å². The van der Waals surface area contributed by atoms with Crippen LogP contribution in [0.1, 0.15) is 45.9 Å². The number of anilines is 1. The summed E-state index contributed by atoms with van der Waals surface area (Å²) in [5.41, 5.74) is 2.17. The molecule has 158 valence electrons. The number of sulfone groups is 1. The molecule has 0 bridgehead atoms. The van der Waals surface area contributed by atoms with Crippen molar-refractivity contribution in [1.29, 1.82) is 0 Å². The Hall–Kier alpha value is -2.39. The lowest BCUT2D eigenvalue weighted by molar-refractivity contribution is 0.103. The van der Waals surface area contributed by atoms with Gasteiger partial charge in [-0.1, -0.05) is 0 Å². The largest absolute Gasteiger partial charge is 0.493 e. The highest BCUT2D eigenvalue weighted by molar-refractivity contribution is 7.90. The number of ether oxygens (including phenoxy) is 1. The molecular formula is C20H27N3O5S. The Morgan fingerprint density at radius 1 is 1.38 bits per heavy atom. The minimum atomic E-state index is -3.51. The van der Waals surface area contributed by atoms with E-state index in [9.17, 15) is 18.3 Å².